The molecule has 0 spiro atoms. The number of rotatable bonds is 4. The first-order valence-electron chi connectivity index (χ1n) is 5.10. The van der Waals surface area contributed by atoms with E-state index < -0.39 is 0 Å². The average molecular weight is 221 g/mol. The Kier molecular flexibility index (Phi) is 3.06. The number of nitrogens with zero attached hydrogens (tertiary/aromatic N) is 2. The second-order valence-electron chi connectivity index (χ2n) is 3.42. The highest BCUT2D eigenvalue weighted by molar-refractivity contribution is 7.09. The van der Waals surface area contributed by atoms with Gasteiger partial charge < -0.3 is 5.32 Å². The van der Waals surface area contributed by atoms with Crippen LogP contribution >= 0.6 is 11.3 Å². The third-order valence-electron chi connectivity index (χ3n) is 2.30. The fourth-order valence-electron chi connectivity index (χ4n) is 1.51. The molecule has 15 heavy (non-hydrogen) atoms. The first-order valence-corrected chi connectivity index (χ1v) is 5.98. The van der Waals surface area contributed by atoms with E-state index in [-0.39, 0.29) is 0 Å². The number of aromatic nitrogens is 2. The molecule has 2 aromatic rings. The van der Waals surface area contributed by atoms with Gasteiger partial charge in [-0.05, 0) is 25.3 Å². The fraction of sp³-hybridized carbons (Fsp3) is 0.364. The third-order valence-corrected chi connectivity index (χ3v) is 3.18. The lowest BCUT2D eigenvalue weighted by Gasteiger charge is -1.99. The first-order chi connectivity index (χ1) is 7.29. The molecule has 0 radical (unpaired) electrons. The Hall–Kier alpha value is -1.29. The van der Waals surface area contributed by atoms with Crippen LogP contribution in [0.1, 0.15) is 17.5 Å². The van der Waals surface area contributed by atoms with E-state index in [9.17, 15) is 0 Å². The van der Waals surface area contributed by atoms with Crippen LogP contribution < -0.4 is 5.32 Å². The predicted octanol–water partition coefficient (Wildman–Crippen LogP) is 2.89. The maximum Gasteiger partial charge on any atom is 0.148 e. The van der Waals surface area contributed by atoms with Gasteiger partial charge in [-0.2, -0.15) is 5.10 Å². The maximum atomic E-state index is 4.44. The normalized spacial score (nSPS) is 10.5. The predicted molar refractivity (Wildman–Crippen MR) is 64.3 cm³/mol. The molecule has 0 aromatic carbocycles. The second kappa shape index (κ2) is 4.49. The van der Waals surface area contributed by atoms with Gasteiger partial charge in [-0.3, -0.25) is 4.68 Å². The summed E-state index contributed by atoms with van der Waals surface area (Å²) in [5.74, 6) is 0.961. The highest BCUT2D eigenvalue weighted by Gasteiger charge is 2.02. The van der Waals surface area contributed by atoms with Crippen LogP contribution in [0.3, 0.4) is 0 Å². The molecule has 1 N–H and O–H groups in total. The van der Waals surface area contributed by atoms with E-state index in [1.165, 1.54) is 10.6 Å². The van der Waals surface area contributed by atoms with Gasteiger partial charge in [-0.1, -0.05) is 6.07 Å². The lowest BCUT2D eigenvalue weighted by molar-refractivity contribution is 0.641. The van der Waals surface area contributed by atoms with Crippen LogP contribution in [0, 0.1) is 6.92 Å². The van der Waals surface area contributed by atoms with Crippen LogP contribution in [0.4, 0.5) is 5.82 Å². The molecule has 2 aromatic heterocycles. The highest BCUT2D eigenvalue weighted by Crippen LogP contribution is 2.13. The SMILES string of the molecule is CCn1nc(NCc2cccs2)cc1C. The molecule has 0 saturated carbocycles. The summed E-state index contributed by atoms with van der Waals surface area (Å²) in [5, 5.41) is 9.85. The van der Waals surface area contributed by atoms with Crippen LogP contribution in [0.2, 0.25) is 0 Å². The van der Waals surface area contributed by atoms with Crippen molar-refractivity contribution in [2.75, 3.05) is 5.32 Å². The quantitative estimate of drug-likeness (QED) is 0.860. The molecule has 0 aliphatic carbocycles. The summed E-state index contributed by atoms with van der Waals surface area (Å²) < 4.78 is 2.00. The zero-order valence-corrected chi connectivity index (χ0v) is 9.84. The van der Waals surface area contributed by atoms with Gasteiger partial charge in [0.15, 0.2) is 0 Å². The summed E-state index contributed by atoms with van der Waals surface area (Å²) in [5.41, 5.74) is 1.20. The molecule has 0 unspecified atom stereocenters. The van der Waals surface area contributed by atoms with Gasteiger partial charge in [0.2, 0.25) is 0 Å². The molecular weight excluding hydrogens is 206 g/mol. The van der Waals surface area contributed by atoms with E-state index in [0.29, 0.717) is 0 Å². The van der Waals surface area contributed by atoms with Gasteiger partial charge in [0.25, 0.3) is 0 Å². The maximum absolute atomic E-state index is 4.44. The van der Waals surface area contributed by atoms with Gasteiger partial charge in [0.1, 0.15) is 5.82 Å². The van der Waals surface area contributed by atoms with Crippen molar-refractivity contribution in [1.82, 2.24) is 9.78 Å². The molecular formula is C11H15N3S. The van der Waals surface area contributed by atoms with Crippen molar-refractivity contribution in [3.8, 4) is 0 Å². The van der Waals surface area contributed by atoms with E-state index >= 15 is 0 Å². The monoisotopic (exact) mass is 221 g/mol. The fourth-order valence-corrected chi connectivity index (χ4v) is 2.15. The van der Waals surface area contributed by atoms with Crippen molar-refractivity contribution >= 4 is 17.2 Å². The molecule has 0 atom stereocenters. The molecule has 0 saturated heterocycles. The largest absolute Gasteiger partial charge is 0.364 e. The molecule has 2 rings (SSSR count). The minimum Gasteiger partial charge on any atom is -0.364 e. The molecule has 0 amide bonds. The lowest BCUT2D eigenvalue weighted by atomic mass is 10.4. The van der Waals surface area contributed by atoms with Crippen LogP contribution in [-0.4, -0.2) is 9.78 Å². The molecule has 0 aliphatic rings. The molecule has 0 bridgehead atoms. The molecule has 0 aliphatic heterocycles. The van der Waals surface area contributed by atoms with Crippen LogP contribution in [0.25, 0.3) is 0 Å². The van der Waals surface area contributed by atoms with Gasteiger partial charge in [-0.15, -0.1) is 11.3 Å². The van der Waals surface area contributed by atoms with E-state index in [1.54, 1.807) is 11.3 Å². The summed E-state index contributed by atoms with van der Waals surface area (Å²) >= 11 is 1.76. The number of thiophene rings is 1. The summed E-state index contributed by atoms with van der Waals surface area (Å²) in [6, 6.07) is 6.27. The average Bonchev–Trinajstić information content (AvgIpc) is 2.83. The minimum atomic E-state index is 0.859. The van der Waals surface area contributed by atoms with E-state index in [2.05, 4.69) is 47.8 Å². The molecule has 4 heteroatoms. The summed E-state index contributed by atoms with van der Waals surface area (Å²) in [6.07, 6.45) is 0. The zero-order chi connectivity index (χ0) is 10.7. The Bertz CT molecular complexity index is 417. The lowest BCUT2D eigenvalue weighted by Crippen LogP contribution is -2.01. The topological polar surface area (TPSA) is 29.9 Å². The van der Waals surface area contributed by atoms with Crippen LogP contribution in [0.15, 0.2) is 23.6 Å². The third kappa shape index (κ3) is 2.39. The van der Waals surface area contributed by atoms with Crippen LogP contribution in [0.5, 0.6) is 0 Å². The molecule has 80 valence electrons. The number of nitrogens with one attached hydrogen (secondary N) is 1. The summed E-state index contributed by atoms with van der Waals surface area (Å²) in [4.78, 5) is 1.33. The molecule has 3 nitrogen and oxygen atoms in total. The van der Waals surface area contributed by atoms with Gasteiger partial charge in [0, 0.05) is 23.2 Å². The Morgan fingerprint density at radius 3 is 3.00 bits per heavy atom. The molecule has 2 heterocycles. The minimum absolute atomic E-state index is 0.859. The summed E-state index contributed by atoms with van der Waals surface area (Å²) in [6.45, 7) is 5.96. The highest BCUT2D eigenvalue weighted by atomic mass is 32.1. The standard InChI is InChI=1S/C11H15N3S/c1-3-14-9(2)7-11(13-14)12-8-10-5-4-6-15-10/h4-7H,3,8H2,1-2H3,(H,12,13). The Morgan fingerprint density at radius 2 is 2.40 bits per heavy atom. The Labute approximate surface area is 93.7 Å². The van der Waals surface area contributed by atoms with E-state index in [1.807, 2.05) is 4.68 Å². The number of hydrogen-bond acceptors (Lipinski definition) is 3. The zero-order valence-electron chi connectivity index (χ0n) is 9.03. The van der Waals surface area contributed by atoms with Crippen molar-refractivity contribution < 1.29 is 0 Å². The van der Waals surface area contributed by atoms with Gasteiger partial charge in [-0.25, -0.2) is 0 Å². The van der Waals surface area contributed by atoms with Crippen molar-refractivity contribution in [1.29, 1.82) is 0 Å². The summed E-state index contributed by atoms with van der Waals surface area (Å²) in [7, 11) is 0. The Morgan fingerprint density at radius 1 is 1.53 bits per heavy atom. The second-order valence-corrected chi connectivity index (χ2v) is 4.45. The number of aryl methyl sites for hydroxylation is 2. The van der Waals surface area contributed by atoms with Crippen molar-refractivity contribution in [3.05, 3.63) is 34.2 Å². The van der Waals surface area contributed by atoms with Gasteiger partial charge >= 0.3 is 0 Å². The van der Waals surface area contributed by atoms with E-state index in [0.717, 1.165) is 18.9 Å². The van der Waals surface area contributed by atoms with Gasteiger partial charge in [0.05, 0.1) is 6.54 Å². The van der Waals surface area contributed by atoms with Crippen molar-refractivity contribution in [2.45, 2.75) is 26.9 Å². The van der Waals surface area contributed by atoms with Crippen LogP contribution in [-0.2, 0) is 13.1 Å². The first kappa shape index (κ1) is 10.2. The number of hydrogen-bond donors (Lipinski definition) is 1. The smallest absolute Gasteiger partial charge is 0.148 e. The number of anilines is 1. The van der Waals surface area contributed by atoms with E-state index in [4.69, 9.17) is 0 Å². The van der Waals surface area contributed by atoms with Crippen molar-refractivity contribution in [2.24, 2.45) is 0 Å². The molecule has 0 fully saturated rings. The Balaban J connectivity index is 1.99. The van der Waals surface area contributed by atoms with Crippen molar-refractivity contribution in [3.63, 3.8) is 0 Å².